The van der Waals surface area contributed by atoms with E-state index < -0.39 is 5.97 Å². The van der Waals surface area contributed by atoms with Crippen molar-refractivity contribution >= 4 is 23.3 Å². The number of nitriles is 1. The van der Waals surface area contributed by atoms with Gasteiger partial charge in [0.05, 0.1) is 25.7 Å². The number of hydrogen-bond acceptors (Lipinski definition) is 17. The number of carbonyl (C=O) groups excluding carboxylic acids is 4. The first kappa shape index (κ1) is 59.0. The summed E-state index contributed by atoms with van der Waals surface area (Å²) in [5.41, 5.74) is 8.31. The molecule has 5 heterocycles. The molecule has 0 amide bonds. The van der Waals surface area contributed by atoms with Crippen molar-refractivity contribution in [1.82, 2.24) is 24.9 Å². The van der Waals surface area contributed by atoms with Gasteiger partial charge in [0.25, 0.3) is 17.7 Å². The molecule has 17 heteroatoms. The third-order valence-electron chi connectivity index (χ3n) is 15.8. The highest BCUT2D eigenvalue weighted by Gasteiger charge is 2.32. The van der Waals surface area contributed by atoms with E-state index >= 15 is 0 Å². The van der Waals surface area contributed by atoms with Gasteiger partial charge >= 0.3 is 5.97 Å². The minimum Gasteiger partial charge on any atom is -0.464 e. The number of ether oxygens (including phenoxy) is 4. The molecule has 14 rings (SSSR count). The van der Waals surface area contributed by atoms with E-state index in [9.17, 15) is 19.2 Å². The Hall–Kier alpha value is -11.4. The van der Waals surface area contributed by atoms with E-state index in [4.69, 9.17) is 37.5 Å². The van der Waals surface area contributed by atoms with Crippen molar-refractivity contribution in [3.8, 4) is 63.5 Å². The second-order valence-electron chi connectivity index (χ2n) is 21.8. The van der Waals surface area contributed by atoms with Crippen LogP contribution in [-0.2, 0) is 43.3 Å². The second kappa shape index (κ2) is 27.5. The Bertz CT molecular complexity index is 4390. The van der Waals surface area contributed by atoms with Crippen molar-refractivity contribution in [3.63, 3.8) is 0 Å². The Morgan fingerprint density at radius 3 is 1.26 bits per heavy atom. The number of esters is 1. The highest BCUT2D eigenvalue weighted by atomic mass is 16.5. The molecule has 0 N–H and O–H groups in total. The van der Waals surface area contributed by atoms with Gasteiger partial charge in [0, 0.05) is 24.0 Å². The summed E-state index contributed by atoms with van der Waals surface area (Å²) < 4.78 is 39.1. The number of methoxy groups -OCH3 is 1. The fourth-order valence-corrected chi connectivity index (χ4v) is 11.2. The lowest BCUT2D eigenvalue weighted by molar-refractivity contribution is 0.0593. The van der Waals surface area contributed by atoms with E-state index in [1.165, 1.54) is 41.8 Å². The molecule has 0 radical (unpaired) electrons. The number of aromatic nitrogens is 5. The van der Waals surface area contributed by atoms with Crippen LogP contribution in [0.3, 0.4) is 0 Å². The summed E-state index contributed by atoms with van der Waals surface area (Å²) in [5, 5.41) is 8.80. The maximum Gasteiger partial charge on any atom is 0.356 e. The molecule has 17 nitrogen and oxygen atoms in total. The smallest absolute Gasteiger partial charge is 0.356 e. The van der Waals surface area contributed by atoms with Crippen molar-refractivity contribution in [2.75, 3.05) is 7.11 Å². The van der Waals surface area contributed by atoms with Gasteiger partial charge in [-0.05, 0) is 188 Å². The fourth-order valence-electron chi connectivity index (χ4n) is 11.2. The summed E-state index contributed by atoms with van der Waals surface area (Å²) in [5.74, 6) is 4.56. The zero-order chi connectivity index (χ0) is 61.8. The molecular formula is C73H58N6O11. The molecule has 0 saturated heterocycles. The largest absolute Gasteiger partial charge is 0.464 e. The minimum absolute atomic E-state index is 0.0269. The van der Waals surface area contributed by atoms with Crippen LogP contribution in [0.5, 0.6) is 34.5 Å². The number of fused-ring (bicyclic) bond motifs is 3. The van der Waals surface area contributed by atoms with Gasteiger partial charge in [0.15, 0.2) is 11.5 Å². The van der Waals surface area contributed by atoms with Crippen LogP contribution < -0.4 is 14.2 Å². The second-order valence-corrected chi connectivity index (χ2v) is 21.8. The van der Waals surface area contributed by atoms with Crippen molar-refractivity contribution in [3.05, 3.63) is 269 Å². The zero-order valence-electron chi connectivity index (χ0n) is 48.9. The maximum atomic E-state index is 13.1. The van der Waals surface area contributed by atoms with Gasteiger partial charge in [0.1, 0.15) is 57.6 Å². The first-order valence-electron chi connectivity index (χ1n) is 29.5. The van der Waals surface area contributed by atoms with Gasteiger partial charge in [-0.1, -0.05) is 84.9 Å². The zero-order valence-corrected chi connectivity index (χ0v) is 48.9. The summed E-state index contributed by atoms with van der Waals surface area (Å²) in [6.07, 6.45) is 12.5. The SMILES string of the molecule is COC(=O)c1cccc(-c2cnc(C(=O)C3CCc4cc(Oc5ccccc5)ccc4C3)o2)n1.N#Cc1cnc(C(=O)C2CCc3cc(Oc4ccccc4)ccc3C2)o1.O=C(c1ncc(-c2ccccn2)o1)C1CCc2cc(Oc3ccccc3)ccc2C1. The first-order valence-corrected chi connectivity index (χ1v) is 29.5. The van der Waals surface area contributed by atoms with Crippen LogP contribution in [0.2, 0.25) is 0 Å². The Kier molecular flexibility index (Phi) is 18.0. The van der Waals surface area contributed by atoms with Crippen molar-refractivity contribution in [2.45, 2.75) is 57.8 Å². The highest BCUT2D eigenvalue weighted by Crippen LogP contribution is 2.36. The normalized spacial score (nSPS) is 15.3. The predicted octanol–water partition coefficient (Wildman–Crippen LogP) is 15.1. The molecule has 0 fully saturated rings. The van der Waals surface area contributed by atoms with Crippen molar-refractivity contribution in [2.24, 2.45) is 17.8 Å². The van der Waals surface area contributed by atoms with Crippen LogP contribution in [-0.4, -0.2) is 55.3 Å². The average molecular weight is 1200 g/mol. The summed E-state index contributed by atoms with van der Waals surface area (Å²) in [4.78, 5) is 71.2. The number of carbonyl (C=O) groups is 4. The molecule has 0 bridgehead atoms. The van der Waals surface area contributed by atoms with Gasteiger partial charge in [-0.2, -0.15) is 5.26 Å². The van der Waals surface area contributed by atoms with Crippen LogP contribution in [0.25, 0.3) is 22.9 Å². The summed E-state index contributed by atoms with van der Waals surface area (Å²) in [6, 6.07) is 59.4. The molecule has 0 saturated carbocycles. The number of para-hydroxylation sites is 3. The Balaban J connectivity index is 0.000000132. The lowest BCUT2D eigenvalue weighted by Crippen LogP contribution is -2.23. The molecule has 6 aromatic carbocycles. The number of benzene rings is 6. The molecule has 11 aromatic rings. The van der Waals surface area contributed by atoms with Crippen molar-refractivity contribution in [1.29, 1.82) is 5.26 Å². The van der Waals surface area contributed by atoms with Gasteiger partial charge in [0.2, 0.25) is 23.1 Å². The first-order chi connectivity index (χ1) is 44.1. The van der Waals surface area contributed by atoms with Crippen LogP contribution in [0, 0.1) is 29.1 Å². The highest BCUT2D eigenvalue weighted by molar-refractivity contribution is 5.95. The van der Waals surface area contributed by atoms with Gasteiger partial charge in [-0.15, -0.1) is 0 Å². The van der Waals surface area contributed by atoms with Gasteiger partial charge in [-0.25, -0.2) is 24.7 Å². The number of rotatable bonds is 15. The number of hydrogen-bond donors (Lipinski definition) is 0. The maximum absolute atomic E-state index is 13.1. The number of oxazole rings is 3. The van der Waals surface area contributed by atoms with Gasteiger partial charge < -0.3 is 32.2 Å². The summed E-state index contributed by atoms with van der Waals surface area (Å²) in [6.45, 7) is 0. The summed E-state index contributed by atoms with van der Waals surface area (Å²) >= 11 is 0. The molecule has 3 unspecified atom stereocenters. The number of ketones is 3. The van der Waals surface area contributed by atoms with Crippen LogP contribution in [0.1, 0.15) is 101 Å². The fraction of sp³-hybridized carbons (Fsp3) is 0.178. The minimum atomic E-state index is -0.545. The third kappa shape index (κ3) is 14.2. The van der Waals surface area contributed by atoms with E-state index in [-0.39, 0.29) is 64.2 Å². The lowest BCUT2D eigenvalue weighted by Gasteiger charge is -2.23. The van der Waals surface area contributed by atoms with E-state index in [0.29, 0.717) is 48.6 Å². The third-order valence-corrected chi connectivity index (χ3v) is 15.8. The van der Waals surface area contributed by atoms with Crippen LogP contribution in [0.4, 0.5) is 0 Å². The summed E-state index contributed by atoms with van der Waals surface area (Å²) in [7, 11) is 1.29. The number of aryl methyl sites for hydroxylation is 3. The molecule has 0 spiro atoms. The number of Topliss-reactive ketones (excluding diaryl/α,β-unsaturated/α-hetero) is 3. The van der Waals surface area contributed by atoms with Gasteiger partial charge in [-0.3, -0.25) is 19.4 Å². The van der Waals surface area contributed by atoms with Crippen molar-refractivity contribution < 1.29 is 51.4 Å². The molecule has 3 aliphatic carbocycles. The molecule has 90 heavy (non-hydrogen) atoms. The lowest BCUT2D eigenvalue weighted by atomic mass is 9.81. The number of nitrogens with zero attached hydrogens (tertiary/aromatic N) is 6. The van der Waals surface area contributed by atoms with E-state index in [0.717, 1.165) is 77.7 Å². The average Bonchev–Trinajstić information content (AvgIpc) is 2.39. The topological polar surface area (TPSA) is 233 Å². The molecular weight excluding hydrogens is 1140 g/mol. The van der Waals surface area contributed by atoms with E-state index in [1.807, 2.05) is 158 Å². The quantitative estimate of drug-likeness (QED) is 0.0685. The standard InChI is InChI=1S/C27H22N2O5.C25H20N2O3.C21H16N2O3/c1-32-27(31)23-9-5-8-22(29-23)24-16-28-26(34-24)25(30)19-11-10-18-15-21(13-12-17(18)14-19)33-20-6-3-2-4-7-20;28-24(25-27-16-23(30-25)22-8-4-5-13-26-22)19-10-9-18-15-21(12-11-17(18)14-19)29-20-6-2-1-3-7-20;22-12-19-13-23-21(26-19)20(24)16-7-6-15-11-18(9-8-14(15)10-16)25-17-4-2-1-3-5-17/h2-9,12-13,15-16,19H,10-11,14H2,1H3;1-8,11-13,15-16,19H,9-10,14H2;1-5,8-9,11,13,16H,6-7,10H2. The molecule has 3 aliphatic rings. The molecule has 5 aromatic heterocycles. The Morgan fingerprint density at radius 1 is 0.433 bits per heavy atom. The molecule has 3 atom stereocenters. The van der Waals surface area contributed by atoms with Crippen LogP contribution in [0.15, 0.2) is 220 Å². The predicted molar refractivity (Wildman–Crippen MR) is 330 cm³/mol. The monoisotopic (exact) mass is 1190 g/mol. The van der Waals surface area contributed by atoms with Crippen LogP contribution >= 0.6 is 0 Å². The van der Waals surface area contributed by atoms with E-state index in [1.54, 1.807) is 30.6 Å². The Labute approximate surface area is 518 Å². The molecule has 446 valence electrons. The number of pyridine rings is 2. The van der Waals surface area contributed by atoms with E-state index in [2.05, 4.69) is 37.1 Å². The molecule has 0 aliphatic heterocycles. The Morgan fingerprint density at radius 2 is 0.844 bits per heavy atom.